The molecule has 0 aromatic heterocycles. The molecule has 27 heavy (non-hydrogen) atoms. The normalized spacial score (nSPS) is 22.0. The molecule has 0 aliphatic carbocycles. The first kappa shape index (κ1) is 18.9. The highest BCUT2D eigenvalue weighted by Gasteiger charge is 2.66. The van der Waals surface area contributed by atoms with Crippen LogP contribution >= 0.6 is 0 Å². The van der Waals surface area contributed by atoms with Crippen LogP contribution in [-0.2, 0) is 4.79 Å². The Kier molecular flexibility index (Phi) is 5.45. The van der Waals surface area contributed by atoms with Crippen LogP contribution in [0.4, 0.5) is 0 Å². The van der Waals surface area contributed by atoms with E-state index in [1.807, 2.05) is 87.5 Å². The number of rotatable bonds is 6. The highest BCUT2D eigenvalue weighted by Crippen LogP contribution is 2.45. The van der Waals surface area contributed by atoms with Crippen LogP contribution in [0.25, 0.3) is 0 Å². The summed E-state index contributed by atoms with van der Waals surface area (Å²) < 4.78 is 0.917. The average molecular weight is 362 g/mol. The van der Waals surface area contributed by atoms with E-state index in [-0.39, 0.29) is 11.8 Å². The van der Waals surface area contributed by atoms with Gasteiger partial charge in [0.2, 0.25) is 5.71 Å². The van der Waals surface area contributed by atoms with Gasteiger partial charge in [-0.15, -0.1) is 0 Å². The molecule has 0 radical (unpaired) electrons. The van der Waals surface area contributed by atoms with Crippen molar-refractivity contribution in [3.63, 3.8) is 0 Å². The summed E-state index contributed by atoms with van der Waals surface area (Å²) in [6.07, 6.45) is 3.58. The average Bonchev–Trinajstić information content (AvgIpc) is 2.71. The second-order valence-electron chi connectivity index (χ2n) is 6.69. The van der Waals surface area contributed by atoms with Crippen LogP contribution in [0.1, 0.15) is 37.8 Å². The fourth-order valence-corrected chi connectivity index (χ4v) is 3.99. The van der Waals surface area contributed by atoms with E-state index in [2.05, 4.69) is 0 Å². The zero-order valence-corrected chi connectivity index (χ0v) is 16.1. The molecule has 4 heteroatoms. The molecule has 1 aliphatic rings. The second kappa shape index (κ2) is 7.78. The third-order valence-corrected chi connectivity index (χ3v) is 5.28. The summed E-state index contributed by atoms with van der Waals surface area (Å²) >= 11 is 0. The number of hydrogen-bond acceptors (Lipinski definition) is 2. The van der Waals surface area contributed by atoms with Gasteiger partial charge in [0.15, 0.2) is 0 Å². The van der Waals surface area contributed by atoms with Gasteiger partial charge >= 0.3 is 5.91 Å². The quantitative estimate of drug-likeness (QED) is 0.443. The number of carbonyl (C=O) groups is 1. The fourth-order valence-electron chi connectivity index (χ4n) is 3.99. The van der Waals surface area contributed by atoms with E-state index in [9.17, 15) is 10.0 Å². The van der Waals surface area contributed by atoms with Crippen LogP contribution in [0.5, 0.6) is 0 Å². The van der Waals surface area contributed by atoms with E-state index in [4.69, 9.17) is 0 Å². The molecule has 1 amide bonds. The Balaban J connectivity index is 2.24. The van der Waals surface area contributed by atoms with Crippen LogP contribution in [-0.4, -0.2) is 39.9 Å². The highest BCUT2D eigenvalue weighted by atomic mass is 16.5. The van der Waals surface area contributed by atoms with Gasteiger partial charge in [0.1, 0.15) is 5.92 Å². The van der Waals surface area contributed by atoms with Crippen molar-refractivity contribution in [3.8, 4) is 0 Å². The third-order valence-electron chi connectivity index (χ3n) is 5.28. The van der Waals surface area contributed by atoms with E-state index < -0.39 is 5.54 Å². The first-order valence-electron chi connectivity index (χ1n) is 9.49. The molecule has 3 rings (SSSR count). The largest absolute Gasteiger partial charge is 0.623 e. The van der Waals surface area contributed by atoms with Crippen LogP contribution in [0, 0.1) is 5.21 Å². The van der Waals surface area contributed by atoms with E-state index in [0.29, 0.717) is 18.8 Å². The van der Waals surface area contributed by atoms with Crippen molar-refractivity contribution in [2.75, 3.05) is 13.1 Å². The molecule has 0 fully saturated rings. The summed E-state index contributed by atoms with van der Waals surface area (Å²) in [5.74, 6) is -0.461. The summed E-state index contributed by atoms with van der Waals surface area (Å²) in [6.45, 7) is 6.89. The first-order chi connectivity index (χ1) is 13.1. The molecular weight excluding hydrogens is 336 g/mol. The third kappa shape index (κ3) is 2.95. The van der Waals surface area contributed by atoms with Gasteiger partial charge in [-0.05, 0) is 44.5 Å². The maximum Gasteiger partial charge on any atom is 0.301 e. The first-order valence-corrected chi connectivity index (χ1v) is 9.49. The minimum absolute atomic E-state index is 0.144. The Hall–Kier alpha value is -2.88. The molecule has 0 saturated carbocycles. The second-order valence-corrected chi connectivity index (χ2v) is 6.69. The lowest BCUT2D eigenvalue weighted by molar-refractivity contribution is -0.552. The van der Waals surface area contributed by atoms with E-state index >= 15 is 0 Å². The van der Waals surface area contributed by atoms with Crippen molar-refractivity contribution < 1.29 is 9.53 Å². The zero-order chi connectivity index (χ0) is 19.4. The molecule has 0 bridgehead atoms. The zero-order valence-electron chi connectivity index (χ0n) is 16.1. The smallest absolute Gasteiger partial charge is 0.301 e. The Labute approximate surface area is 161 Å². The number of likely N-dealkylation sites (N-methyl/N-ethyl adjacent to an activating group) is 1. The van der Waals surface area contributed by atoms with Gasteiger partial charge in [-0.3, -0.25) is 4.79 Å². The van der Waals surface area contributed by atoms with Crippen molar-refractivity contribution in [2.45, 2.75) is 32.2 Å². The molecule has 2 aromatic carbocycles. The molecule has 0 saturated heterocycles. The number of carbonyl (C=O) groups excluding carboxylic acids is 1. The summed E-state index contributed by atoms with van der Waals surface area (Å²) in [4.78, 5) is 15.2. The van der Waals surface area contributed by atoms with Crippen LogP contribution in [0.2, 0.25) is 0 Å². The maximum absolute atomic E-state index is 13.5. The van der Waals surface area contributed by atoms with Crippen molar-refractivity contribution in [1.82, 2.24) is 4.90 Å². The molecule has 0 spiro atoms. The molecular formula is C23H26N2O2. The SMILES string of the molecule is C/C=C/[C@]1(C(=O)N(CC)CC)[C@@H](c2ccccc2)C(c2ccccc2)=[N+]1[O-]. The van der Waals surface area contributed by atoms with Crippen LogP contribution < -0.4 is 0 Å². The molecule has 2 aromatic rings. The summed E-state index contributed by atoms with van der Waals surface area (Å²) in [5.41, 5.74) is 1.23. The van der Waals surface area contributed by atoms with E-state index in [1.165, 1.54) is 0 Å². The predicted molar refractivity (Wildman–Crippen MR) is 109 cm³/mol. The molecule has 140 valence electrons. The Morgan fingerprint density at radius 2 is 1.63 bits per heavy atom. The topological polar surface area (TPSA) is 46.4 Å². The minimum Gasteiger partial charge on any atom is -0.623 e. The van der Waals surface area contributed by atoms with Crippen LogP contribution in [0.15, 0.2) is 72.8 Å². The van der Waals surface area contributed by atoms with Gasteiger partial charge in [-0.2, -0.15) is 4.74 Å². The number of allylic oxidation sites excluding steroid dienone is 1. The highest BCUT2D eigenvalue weighted by molar-refractivity contribution is 6.11. The number of hydrogen-bond donors (Lipinski definition) is 0. The number of amides is 1. The molecule has 0 unspecified atom stereocenters. The van der Waals surface area contributed by atoms with Crippen molar-refractivity contribution >= 4 is 11.6 Å². The van der Waals surface area contributed by atoms with Gasteiger partial charge < -0.3 is 10.1 Å². The summed E-state index contributed by atoms with van der Waals surface area (Å²) in [6, 6.07) is 19.5. The van der Waals surface area contributed by atoms with Gasteiger partial charge in [-0.1, -0.05) is 54.6 Å². The Morgan fingerprint density at radius 3 is 2.15 bits per heavy atom. The van der Waals surface area contributed by atoms with Crippen molar-refractivity contribution in [2.24, 2.45) is 0 Å². The van der Waals surface area contributed by atoms with Gasteiger partial charge in [0.05, 0.1) is 0 Å². The van der Waals surface area contributed by atoms with Crippen molar-refractivity contribution in [3.05, 3.63) is 89.1 Å². The van der Waals surface area contributed by atoms with Gasteiger partial charge in [0.25, 0.3) is 5.54 Å². The Bertz CT molecular complexity index is 854. The van der Waals surface area contributed by atoms with Crippen molar-refractivity contribution in [1.29, 1.82) is 0 Å². The monoisotopic (exact) mass is 362 g/mol. The molecule has 1 aliphatic heterocycles. The minimum atomic E-state index is -1.24. The molecule has 4 nitrogen and oxygen atoms in total. The maximum atomic E-state index is 13.5. The van der Waals surface area contributed by atoms with E-state index in [0.717, 1.165) is 15.9 Å². The summed E-state index contributed by atoms with van der Waals surface area (Å²) in [5, 5.41) is 13.4. The van der Waals surface area contributed by atoms with Gasteiger partial charge in [0, 0.05) is 18.7 Å². The van der Waals surface area contributed by atoms with Gasteiger partial charge in [-0.25, -0.2) is 0 Å². The number of hydroxylamine groups is 1. The fraction of sp³-hybridized carbons (Fsp3) is 0.304. The Morgan fingerprint density at radius 1 is 1.07 bits per heavy atom. The lowest BCUT2D eigenvalue weighted by Gasteiger charge is -2.45. The lowest BCUT2D eigenvalue weighted by Crippen LogP contribution is -2.67. The lowest BCUT2D eigenvalue weighted by atomic mass is 9.67. The molecule has 1 heterocycles. The standard InChI is InChI=1S/C23H26N2O2/c1-4-17-23(22(26)24(5-2)6-3)20(18-13-9-7-10-14-18)21(25(23)27)19-15-11-8-12-16-19/h4,7-17,20H,5-6H2,1-3H3/b17-4+/t20-,23+/m0/s1. The predicted octanol–water partition coefficient (Wildman–Crippen LogP) is 3.97. The number of benzene rings is 2. The summed E-state index contributed by atoms with van der Waals surface area (Å²) in [7, 11) is 0. The van der Waals surface area contributed by atoms with E-state index in [1.54, 1.807) is 11.0 Å². The van der Waals surface area contributed by atoms with Crippen LogP contribution in [0.3, 0.4) is 0 Å². The molecule has 0 N–H and O–H groups in total. The molecule has 2 atom stereocenters. The number of nitrogens with zero attached hydrogens (tertiary/aromatic N) is 2.